The van der Waals surface area contributed by atoms with Crippen LogP contribution in [-0.4, -0.2) is 76.9 Å². The Labute approximate surface area is 153 Å². The third-order valence-corrected chi connectivity index (χ3v) is 6.68. The first kappa shape index (κ1) is 18.8. The van der Waals surface area contributed by atoms with Crippen LogP contribution >= 0.6 is 0 Å². The van der Waals surface area contributed by atoms with Crippen LogP contribution in [0.5, 0.6) is 0 Å². The smallest absolute Gasteiger partial charge is 0.274 e. The number of rotatable bonds is 4. The van der Waals surface area contributed by atoms with Gasteiger partial charge in [0, 0.05) is 25.7 Å². The van der Waals surface area contributed by atoms with E-state index in [1.54, 1.807) is 21.9 Å². The van der Waals surface area contributed by atoms with Gasteiger partial charge in [0.15, 0.2) is 15.5 Å². The summed E-state index contributed by atoms with van der Waals surface area (Å²) in [5.74, 6) is -0.161. The van der Waals surface area contributed by atoms with Gasteiger partial charge >= 0.3 is 0 Å². The van der Waals surface area contributed by atoms with E-state index in [1.807, 2.05) is 13.8 Å². The van der Waals surface area contributed by atoms with Crippen LogP contribution in [0.3, 0.4) is 0 Å². The number of hydrogen-bond acceptors (Lipinski definition) is 6. The number of carbonyl (C=O) groups excluding carboxylic acids is 2. The van der Waals surface area contributed by atoms with E-state index in [4.69, 9.17) is 0 Å². The normalized spacial score (nSPS) is 24.6. The molecule has 0 bridgehead atoms. The van der Waals surface area contributed by atoms with Gasteiger partial charge < -0.3 is 9.80 Å². The maximum atomic E-state index is 12.8. The summed E-state index contributed by atoms with van der Waals surface area (Å²) >= 11 is 0. The minimum absolute atomic E-state index is 0.0302. The minimum Gasteiger partial charge on any atom is -0.335 e. The number of aromatic nitrogens is 2. The molecule has 0 aliphatic carbocycles. The van der Waals surface area contributed by atoms with E-state index in [2.05, 4.69) is 10.2 Å². The van der Waals surface area contributed by atoms with Gasteiger partial charge in [-0.3, -0.25) is 9.59 Å². The molecule has 0 N–H and O–H groups in total. The number of piperazine rings is 1. The van der Waals surface area contributed by atoms with Crippen molar-refractivity contribution in [2.24, 2.45) is 5.92 Å². The largest absolute Gasteiger partial charge is 0.335 e. The van der Waals surface area contributed by atoms with Gasteiger partial charge in [0.2, 0.25) is 5.91 Å². The molecule has 0 spiro atoms. The van der Waals surface area contributed by atoms with Crippen molar-refractivity contribution in [1.82, 2.24) is 20.0 Å². The third kappa shape index (κ3) is 3.87. The zero-order valence-corrected chi connectivity index (χ0v) is 15.9. The van der Waals surface area contributed by atoms with Gasteiger partial charge in [0.25, 0.3) is 5.91 Å². The van der Waals surface area contributed by atoms with Crippen molar-refractivity contribution in [3.63, 3.8) is 0 Å². The highest BCUT2D eigenvalue weighted by atomic mass is 32.2. The quantitative estimate of drug-likeness (QED) is 0.748. The molecular formula is C17H24N4O4S. The first-order chi connectivity index (χ1) is 12.3. The zero-order chi connectivity index (χ0) is 18.9. The van der Waals surface area contributed by atoms with Gasteiger partial charge in [-0.25, -0.2) is 8.42 Å². The molecule has 2 fully saturated rings. The topological polar surface area (TPSA) is 101 Å². The molecule has 2 aliphatic rings. The molecule has 9 heteroatoms. The lowest BCUT2D eigenvalue weighted by Gasteiger charge is -2.43. The molecule has 3 heterocycles. The Kier molecular flexibility index (Phi) is 5.27. The predicted octanol–water partition coefficient (Wildman–Crippen LogP) is 0.363. The highest BCUT2D eigenvalue weighted by Gasteiger charge is 2.49. The van der Waals surface area contributed by atoms with Crippen LogP contribution in [0.1, 0.15) is 37.2 Å². The molecular weight excluding hydrogens is 356 g/mol. The first-order valence-electron chi connectivity index (χ1n) is 8.87. The predicted molar refractivity (Wildman–Crippen MR) is 95.1 cm³/mol. The average Bonchev–Trinajstić information content (AvgIpc) is 2.93. The van der Waals surface area contributed by atoms with E-state index in [1.165, 1.54) is 6.20 Å². The maximum Gasteiger partial charge on any atom is 0.274 e. The Morgan fingerprint density at radius 2 is 1.85 bits per heavy atom. The number of hydrogen-bond donors (Lipinski definition) is 0. The summed E-state index contributed by atoms with van der Waals surface area (Å²) in [7, 11) is -3.30. The number of sulfone groups is 1. The number of nitrogens with zero attached hydrogens (tertiary/aromatic N) is 4. The van der Waals surface area contributed by atoms with Crippen molar-refractivity contribution < 1.29 is 18.0 Å². The second-order valence-corrected chi connectivity index (χ2v) is 9.49. The van der Waals surface area contributed by atoms with Gasteiger partial charge in [0.05, 0.1) is 23.6 Å². The Morgan fingerprint density at radius 1 is 1.19 bits per heavy atom. The minimum atomic E-state index is -3.30. The molecule has 26 heavy (non-hydrogen) atoms. The summed E-state index contributed by atoms with van der Waals surface area (Å²) in [6.07, 6.45) is 2.64. The van der Waals surface area contributed by atoms with Crippen LogP contribution in [0.2, 0.25) is 0 Å². The summed E-state index contributed by atoms with van der Waals surface area (Å²) in [6.45, 7) is 4.75. The zero-order valence-electron chi connectivity index (χ0n) is 15.0. The van der Waals surface area contributed by atoms with E-state index < -0.39 is 21.9 Å². The second kappa shape index (κ2) is 7.30. The van der Waals surface area contributed by atoms with Gasteiger partial charge in [-0.1, -0.05) is 13.8 Å². The highest BCUT2D eigenvalue weighted by Crippen LogP contribution is 2.28. The molecule has 0 radical (unpaired) electrons. The van der Waals surface area contributed by atoms with Crippen molar-refractivity contribution in [1.29, 1.82) is 0 Å². The van der Waals surface area contributed by atoms with E-state index in [9.17, 15) is 18.0 Å². The Bertz CT molecular complexity index is 781. The van der Waals surface area contributed by atoms with Crippen molar-refractivity contribution in [3.8, 4) is 0 Å². The molecule has 2 atom stereocenters. The summed E-state index contributed by atoms with van der Waals surface area (Å²) in [4.78, 5) is 28.6. The summed E-state index contributed by atoms with van der Waals surface area (Å²) < 4.78 is 24.5. The van der Waals surface area contributed by atoms with Crippen molar-refractivity contribution in [2.75, 3.05) is 24.6 Å². The molecule has 142 valence electrons. The van der Waals surface area contributed by atoms with Crippen LogP contribution in [0.4, 0.5) is 0 Å². The van der Waals surface area contributed by atoms with Crippen LogP contribution in [0.15, 0.2) is 18.3 Å². The fourth-order valence-corrected chi connectivity index (χ4v) is 5.61. The number of fused-ring (bicyclic) bond motifs is 1. The van der Waals surface area contributed by atoms with Crippen LogP contribution < -0.4 is 0 Å². The maximum absolute atomic E-state index is 12.8. The SMILES string of the molecule is CC(C)CCC(=O)N1CCN(C(=O)c2cccnn2)C2CS(=O)(=O)CC21. The van der Waals surface area contributed by atoms with Gasteiger partial charge in [-0.15, -0.1) is 5.10 Å². The van der Waals surface area contributed by atoms with E-state index in [0.29, 0.717) is 25.4 Å². The lowest BCUT2D eigenvalue weighted by molar-refractivity contribution is -0.136. The molecule has 1 aromatic heterocycles. The number of carbonyl (C=O) groups is 2. The highest BCUT2D eigenvalue weighted by molar-refractivity contribution is 7.91. The standard InChI is InChI=1S/C17H24N4O4S/c1-12(2)5-6-16(22)20-8-9-21(15-11-26(24,25)10-14(15)20)17(23)13-4-3-7-18-19-13/h3-4,7,12,14-15H,5-6,8-11H2,1-2H3. The molecule has 0 saturated carbocycles. The molecule has 3 rings (SSSR count). The fraction of sp³-hybridized carbons (Fsp3) is 0.647. The molecule has 8 nitrogen and oxygen atoms in total. The third-order valence-electron chi connectivity index (χ3n) is 4.98. The van der Waals surface area contributed by atoms with Gasteiger partial charge in [0.1, 0.15) is 0 Å². The summed E-state index contributed by atoms with van der Waals surface area (Å²) in [6, 6.07) is 2.18. The van der Waals surface area contributed by atoms with E-state index in [-0.39, 0.29) is 29.0 Å². The van der Waals surface area contributed by atoms with Crippen molar-refractivity contribution in [3.05, 3.63) is 24.0 Å². The average molecular weight is 380 g/mol. The molecule has 2 saturated heterocycles. The molecule has 0 aromatic carbocycles. The molecule has 2 aliphatic heterocycles. The van der Waals surface area contributed by atoms with Crippen molar-refractivity contribution in [2.45, 2.75) is 38.8 Å². The monoisotopic (exact) mass is 380 g/mol. The molecule has 2 amide bonds. The van der Waals surface area contributed by atoms with Crippen LogP contribution in [-0.2, 0) is 14.6 Å². The van der Waals surface area contributed by atoms with Gasteiger partial charge in [-0.2, -0.15) is 5.10 Å². The Hall–Kier alpha value is -2.03. The van der Waals surface area contributed by atoms with Crippen LogP contribution in [0.25, 0.3) is 0 Å². The molecule has 2 unspecified atom stereocenters. The summed E-state index contributed by atoms with van der Waals surface area (Å²) in [5.41, 5.74) is 0.190. The van der Waals surface area contributed by atoms with E-state index in [0.717, 1.165) is 6.42 Å². The Morgan fingerprint density at radius 3 is 2.46 bits per heavy atom. The first-order valence-corrected chi connectivity index (χ1v) is 10.7. The summed E-state index contributed by atoms with van der Waals surface area (Å²) in [5, 5.41) is 7.55. The number of amides is 2. The Balaban J connectivity index is 1.81. The van der Waals surface area contributed by atoms with E-state index >= 15 is 0 Å². The lowest BCUT2D eigenvalue weighted by Crippen LogP contribution is -2.62. The van der Waals surface area contributed by atoms with Gasteiger partial charge in [-0.05, 0) is 24.5 Å². The second-order valence-electron chi connectivity index (χ2n) is 7.34. The van der Waals surface area contributed by atoms with Crippen LogP contribution in [0, 0.1) is 5.92 Å². The lowest BCUT2D eigenvalue weighted by atomic mass is 10.0. The fourth-order valence-electron chi connectivity index (χ4n) is 3.63. The molecule has 1 aromatic rings. The van der Waals surface area contributed by atoms with Crippen molar-refractivity contribution >= 4 is 21.7 Å².